The number of urea groups is 1. The van der Waals surface area contributed by atoms with Crippen LogP contribution in [-0.2, 0) is 11.8 Å². The monoisotopic (exact) mass is 288 g/mol. The largest absolute Gasteiger partial charge is 0.351 e. The van der Waals surface area contributed by atoms with E-state index in [2.05, 4.69) is 15.7 Å². The van der Waals surface area contributed by atoms with Crippen molar-refractivity contribution in [3.63, 3.8) is 0 Å². The molecule has 3 amide bonds. The third-order valence-electron chi connectivity index (χ3n) is 2.79. The molecule has 0 aliphatic carbocycles. The van der Waals surface area contributed by atoms with Gasteiger partial charge >= 0.3 is 6.03 Å². The number of hydrogen-bond donors (Lipinski definition) is 4. The van der Waals surface area contributed by atoms with Crippen molar-refractivity contribution in [1.29, 1.82) is 0 Å². The number of carbonyl (C=O) groups is 2. The predicted molar refractivity (Wildman–Crippen MR) is 78.4 cm³/mol. The van der Waals surface area contributed by atoms with Crippen LogP contribution < -0.4 is 22.1 Å². The Bertz CT molecular complexity index is 649. The molecule has 2 rings (SSSR count). The molecule has 0 spiro atoms. The van der Waals surface area contributed by atoms with Crippen LogP contribution in [0.2, 0.25) is 0 Å². The van der Waals surface area contributed by atoms with Gasteiger partial charge in [-0.05, 0) is 24.3 Å². The lowest BCUT2D eigenvalue weighted by Gasteiger charge is -2.11. The summed E-state index contributed by atoms with van der Waals surface area (Å²) in [4.78, 5) is 22.7. The van der Waals surface area contributed by atoms with Gasteiger partial charge in [-0.25, -0.2) is 4.79 Å². The van der Waals surface area contributed by atoms with Crippen LogP contribution in [-0.4, -0.2) is 21.7 Å². The van der Waals surface area contributed by atoms with Crippen molar-refractivity contribution in [1.82, 2.24) is 9.78 Å². The van der Waals surface area contributed by atoms with E-state index in [1.807, 2.05) is 0 Å². The highest BCUT2D eigenvalue weighted by Gasteiger charge is 2.17. The minimum absolute atomic E-state index is 0.349. The third-order valence-corrected chi connectivity index (χ3v) is 2.79. The van der Waals surface area contributed by atoms with Crippen LogP contribution in [0.3, 0.4) is 0 Å². The van der Waals surface area contributed by atoms with Crippen molar-refractivity contribution >= 4 is 23.3 Å². The summed E-state index contributed by atoms with van der Waals surface area (Å²) >= 11 is 0. The predicted octanol–water partition coefficient (Wildman–Crippen LogP) is 0.549. The Morgan fingerprint density at radius 3 is 2.24 bits per heavy atom. The fourth-order valence-electron chi connectivity index (χ4n) is 1.75. The fraction of sp³-hybridized carbons (Fsp3) is 0.154. The van der Waals surface area contributed by atoms with E-state index in [1.165, 1.54) is 0 Å². The minimum atomic E-state index is -0.804. The molecular formula is C13H16N6O2. The molecule has 0 bridgehead atoms. The Morgan fingerprint density at radius 1 is 1.19 bits per heavy atom. The van der Waals surface area contributed by atoms with E-state index in [9.17, 15) is 9.59 Å². The highest BCUT2D eigenvalue weighted by Crippen LogP contribution is 2.16. The molecule has 6 N–H and O–H groups in total. The van der Waals surface area contributed by atoms with Gasteiger partial charge in [0.1, 0.15) is 6.04 Å². The number of aryl methyl sites for hydroxylation is 1. The second kappa shape index (κ2) is 6.06. The maximum Gasteiger partial charge on any atom is 0.316 e. The maximum atomic E-state index is 12.0. The number of nitrogens with zero attached hydrogens (tertiary/aromatic N) is 2. The van der Waals surface area contributed by atoms with Gasteiger partial charge in [-0.3, -0.25) is 9.48 Å². The number of hydrogen-bond acceptors (Lipinski definition) is 4. The van der Waals surface area contributed by atoms with Crippen molar-refractivity contribution in [3.8, 4) is 0 Å². The molecule has 1 aromatic carbocycles. The number of benzene rings is 1. The van der Waals surface area contributed by atoms with Crippen LogP contribution in [0.4, 0.5) is 16.2 Å². The number of carbonyl (C=O) groups excluding carboxylic acids is 2. The molecule has 0 aliphatic heterocycles. The van der Waals surface area contributed by atoms with E-state index in [4.69, 9.17) is 11.5 Å². The van der Waals surface area contributed by atoms with Crippen LogP contribution in [0, 0.1) is 0 Å². The first-order valence-electron chi connectivity index (χ1n) is 6.17. The number of amides is 3. The Balaban J connectivity index is 2.00. The van der Waals surface area contributed by atoms with Gasteiger partial charge in [0, 0.05) is 30.2 Å². The normalized spacial score (nSPS) is 11.7. The molecule has 0 fully saturated rings. The molecule has 21 heavy (non-hydrogen) atoms. The third kappa shape index (κ3) is 3.80. The summed E-state index contributed by atoms with van der Waals surface area (Å²) in [5.74, 6) is -0.349. The average molecular weight is 288 g/mol. The van der Waals surface area contributed by atoms with Crippen LogP contribution >= 0.6 is 0 Å². The summed E-state index contributed by atoms with van der Waals surface area (Å²) in [5, 5.41) is 9.08. The quantitative estimate of drug-likeness (QED) is 0.654. The zero-order valence-corrected chi connectivity index (χ0v) is 11.4. The Morgan fingerprint density at radius 2 is 1.76 bits per heavy atom. The van der Waals surface area contributed by atoms with Crippen LogP contribution in [0.25, 0.3) is 0 Å². The van der Waals surface area contributed by atoms with E-state index >= 15 is 0 Å². The number of nitrogens with two attached hydrogens (primary N) is 2. The first-order valence-corrected chi connectivity index (χ1v) is 6.17. The van der Waals surface area contributed by atoms with Gasteiger partial charge in [0.25, 0.3) is 0 Å². The standard InChI is InChI=1S/C13H16N6O2/c1-19-7-8(6-16-19)11(14)12(20)17-9-2-4-10(5-3-9)18-13(15)21/h2-7,11H,14H2,1H3,(H,17,20)(H3,15,18,21). The summed E-state index contributed by atoms with van der Waals surface area (Å²) in [7, 11) is 1.75. The number of nitrogens with one attached hydrogen (secondary N) is 2. The summed E-state index contributed by atoms with van der Waals surface area (Å²) in [6, 6.07) is 5.07. The molecule has 1 aromatic heterocycles. The molecule has 110 valence electrons. The molecule has 1 unspecified atom stereocenters. The SMILES string of the molecule is Cn1cc(C(N)C(=O)Nc2ccc(NC(N)=O)cc2)cn1. The molecular weight excluding hydrogens is 272 g/mol. The van der Waals surface area contributed by atoms with Gasteiger partial charge in [-0.15, -0.1) is 0 Å². The van der Waals surface area contributed by atoms with Gasteiger partial charge in [0.05, 0.1) is 6.20 Å². The minimum Gasteiger partial charge on any atom is -0.351 e. The van der Waals surface area contributed by atoms with Gasteiger partial charge in [-0.2, -0.15) is 5.10 Å². The van der Waals surface area contributed by atoms with Gasteiger partial charge in [0.15, 0.2) is 0 Å². The first-order chi connectivity index (χ1) is 9.95. The molecule has 0 saturated carbocycles. The first kappa shape index (κ1) is 14.5. The second-order valence-corrected chi connectivity index (χ2v) is 4.48. The Labute approximate surface area is 121 Å². The zero-order valence-electron chi connectivity index (χ0n) is 11.4. The number of primary amides is 1. The van der Waals surface area contributed by atoms with E-state index in [1.54, 1.807) is 48.4 Å². The zero-order chi connectivity index (χ0) is 15.4. The number of aromatic nitrogens is 2. The smallest absolute Gasteiger partial charge is 0.316 e. The molecule has 8 heteroatoms. The van der Waals surface area contributed by atoms with Crippen LogP contribution in [0.15, 0.2) is 36.7 Å². The van der Waals surface area contributed by atoms with Crippen molar-refractivity contribution < 1.29 is 9.59 Å². The van der Waals surface area contributed by atoms with Crippen molar-refractivity contribution in [2.75, 3.05) is 10.6 Å². The molecule has 2 aromatic rings. The molecule has 1 atom stereocenters. The number of rotatable bonds is 4. The lowest BCUT2D eigenvalue weighted by atomic mass is 10.1. The van der Waals surface area contributed by atoms with Gasteiger partial charge in [0.2, 0.25) is 5.91 Å². The molecule has 1 heterocycles. The highest BCUT2D eigenvalue weighted by molar-refractivity contribution is 5.95. The summed E-state index contributed by atoms with van der Waals surface area (Å²) < 4.78 is 1.58. The highest BCUT2D eigenvalue weighted by atomic mass is 16.2. The summed E-state index contributed by atoms with van der Waals surface area (Å²) in [6.45, 7) is 0. The molecule has 8 nitrogen and oxygen atoms in total. The maximum absolute atomic E-state index is 12.0. The van der Waals surface area contributed by atoms with Gasteiger partial charge in [-0.1, -0.05) is 0 Å². The summed E-state index contributed by atoms with van der Waals surface area (Å²) in [6.07, 6.45) is 3.23. The van der Waals surface area contributed by atoms with E-state index < -0.39 is 12.1 Å². The van der Waals surface area contributed by atoms with Crippen LogP contribution in [0.1, 0.15) is 11.6 Å². The van der Waals surface area contributed by atoms with E-state index in [0.717, 1.165) is 0 Å². The van der Waals surface area contributed by atoms with E-state index in [-0.39, 0.29) is 5.91 Å². The molecule has 0 aliphatic rings. The topological polar surface area (TPSA) is 128 Å². The van der Waals surface area contributed by atoms with Gasteiger partial charge < -0.3 is 22.1 Å². The van der Waals surface area contributed by atoms with Crippen LogP contribution in [0.5, 0.6) is 0 Å². The lowest BCUT2D eigenvalue weighted by Crippen LogP contribution is -2.27. The Hall–Kier alpha value is -2.87. The van der Waals surface area contributed by atoms with Crippen molar-refractivity contribution in [2.24, 2.45) is 18.5 Å². The van der Waals surface area contributed by atoms with Crippen molar-refractivity contribution in [3.05, 3.63) is 42.2 Å². The molecule has 0 radical (unpaired) electrons. The summed E-state index contributed by atoms with van der Waals surface area (Å²) in [5.41, 5.74) is 12.6. The molecule has 0 saturated heterocycles. The Kier molecular flexibility index (Phi) is 4.19. The number of anilines is 2. The van der Waals surface area contributed by atoms with Crippen molar-refractivity contribution in [2.45, 2.75) is 6.04 Å². The van der Waals surface area contributed by atoms with E-state index in [0.29, 0.717) is 16.9 Å². The lowest BCUT2D eigenvalue weighted by molar-refractivity contribution is -0.117. The average Bonchev–Trinajstić information content (AvgIpc) is 2.86. The second-order valence-electron chi connectivity index (χ2n) is 4.48. The fourth-order valence-corrected chi connectivity index (χ4v) is 1.75.